The Kier molecular flexibility index (Phi) is 3.26. The molecule has 0 aromatic heterocycles. The number of aliphatic hydroxyl groups is 1. The van der Waals surface area contributed by atoms with Crippen molar-refractivity contribution >= 4 is 21.6 Å². The number of hydrogen-bond acceptors (Lipinski definition) is 2. The van der Waals surface area contributed by atoms with Crippen LogP contribution in [0.15, 0.2) is 22.7 Å². The van der Waals surface area contributed by atoms with Crippen LogP contribution in [0.3, 0.4) is 0 Å². The van der Waals surface area contributed by atoms with E-state index in [9.17, 15) is 9.50 Å². The Bertz CT molecular complexity index is 358. The van der Waals surface area contributed by atoms with E-state index in [-0.39, 0.29) is 18.0 Å². The van der Waals surface area contributed by atoms with Crippen LogP contribution in [0, 0.1) is 5.82 Å². The van der Waals surface area contributed by atoms with Gasteiger partial charge in [0.25, 0.3) is 0 Å². The number of nitrogens with one attached hydrogen (secondary N) is 1. The summed E-state index contributed by atoms with van der Waals surface area (Å²) in [5.74, 6) is -0.288. The van der Waals surface area contributed by atoms with Crippen LogP contribution < -0.4 is 5.32 Å². The fourth-order valence-electron chi connectivity index (χ4n) is 1.92. The minimum atomic E-state index is -0.354. The minimum absolute atomic E-state index is 0.0133. The molecule has 2 atom stereocenters. The quantitative estimate of drug-likeness (QED) is 0.869. The van der Waals surface area contributed by atoms with Gasteiger partial charge in [0.05, 0.1) is 17.8 Å². The van der Waals surface area contributed by atoms with Crippen LogP contribution in [0.5, 0.6) is 0 Å². The highest BCUT2D eigenvalue weighted by Gasteiger charge is 2.25. The molecular formula is C11H13BrFNO. The molecule has 0 bridgehead atoms. The summed E-state index contributed by atoms with van der Waals surface area (Å²) >= 11 is 3.20. The van der Waals surface area contributed by atoms with E-state index >= 15 is 0 Å². The van der Waals surface area contributed by atoms with E-state index in [1.54, 1.807) is 12.1 Å². The zero-order valence-corrected chi connectivity index (χ0v) is 9.80. The second kappa shape index (κ2) is 4.49. The molecule has 1 aliphatic rings. The molecule has 2 nitrogen and oxygen atoms in total. The van der Waals surface area contributed by atoms with Gasteiger partial charge in [0.15, 0.2) is 0 Å². The summed E-state index contributed by atoms with van der Waals surface area (Å²) in [6, 6.07) is 4.88. The van der Waals surface area contributed by atoms with Crippen molar-refractivity contribution in [2.45, 2.75) is 31.4 Å². The fourth-order valence-corrected chi connectivity index (χ4v) is 2.25. The van der Waals surface area contributed by atoms with E-state index in [1.165, 1.54) is 6.07 Å². The summed E-state index contributed by atoms with van der Waals surface area (Å²) in [4.78, 5) is 0. The summed E-state index contributed by atoms with van der Waals surface area (Å²) in [6.07, 6.45) is 2.34. The van der Waals surface area contributed by atoms with Gasteiger partial charge in [-0.2, -0.15) is 0 Å². The Hall–Kier alpha value is -0.610. The van der Waals surface area contributed by atoms with Gasteiger partial charge in [-0.1, -0.05) is 15.9 Å². The third kappa shape index (κ3) is 2.49. The van der Waals surface area contributed by atoms with Crippen molar-refractivity contribution in [3.63, 3.8) is 0 Å². The van der Waals surface area contributed by atoms with Crippen molar-refractivity contribution in [3.05, 3.63) is 28.5 Å². The topological polar surface area (TPSA) is 32.3 Å². The third-order valence-electron chi connectivity index (χ3n) is 2.75. The molecule has 0 saturated heterocycles. The molecule has 1 fully saturated rings. The SMILES string of the molecule is OC1CCCC1Nc1ccc(Br)cc1F. The van der Waals surface area contributed by atoms with E-state index in [1.807, 2.05) is 0 Å². The monoisotopic (exact) mass is 273 g/mol. The number of benzene rings is 1. The van der Waals surface area contributed by atoms with Gasteiger partial charge >= 0.3 is 0 Å². The second-order valence-electron chi connectivity index (χ2n) is 3.87. The van der Waals surface area contributed by atoms with Crippen LogP contribution in [0.1, 0.15) is 19.3 Å². The van der Waals surface area contributed by atoms with Crippen molar-refractivity contribution < 1.29 is 9.50 Å². The molecular weight excluding hydrogens is 261 g/mol. The molecule has 4 heteroatoms. The Labute approximate surface area is 96.6 Å². The first-order valence-corrected chi connectivity index (χ1v) is 5.86. The lowest BCUT2D eigenvalue weighted by molar-refractivity contribution is 0.171. The fraction of sp³-hybridized carbons (Fsp3) is 0.455. The highest BCUT2D eigenvalue weighted by Crippen LogP contribution is 2.25. The average Bonchev–Trinajstić information content (AvgIpc) is 2.57. The van der Waals surface area contributed by atoms with Gasteiger partial charge < -0.3 is 10.4 Å². The molecule has 2 N–H and O–H groups in total. The first kappa shape index (κ1) is 10.9. The van der Waals surface area contributed by atoms with Crippen LogP contribution in [-0.4, -0.2) is 17.3 Å². The highest BCUT2D eigenvalue weighted by atomic mass is 79.9. The number of rotatable bonds is 2. The highest BCUT2D eigenvalue weighted by molar-refractivity contribution is 9.10. The molecule has 0 spiro atoms. The standard InChI is InChI=1S/C11H13BrFNO/c12-7-4-5-9(8(13)6-7)14-10-2-1-3-11(10)15/h4-6,10-11,14-15H,1-3H2. The van der Waals surface area contributed by atoms with Gasteiger partial charge in [-0.3, -0.25) is 0 Å². The van der Waals surface area contributed by atoms with Crippen molar-refractivity contribution in [1.82, 2.24) is 0 Å². The summed E-state index contributed by atoms with van der Waals surface area (Å²) in [7, 11) is 0. The van der Waals surface area contributed by atoms with Crippen LogP contribution in [0.4, 0.5) is 10.1 Å². The summed E-state index contributed by atoms with van der Waals surface area (Å²) in [6.45, 7) is 0. The van der Waals surface area contributed by atoms with Gasteiger partial charge in [0, 0.05) is 4.47 Å². The lowest BCUT2D eigenvalue weighted by Gasteiger charge is -2.18. The van der Waals surface area contributed by atoms with Gasteiger partial charge in [-0.25, -0.2) is 4.39 Å². The molecule has 2 unspecified atom stereocenters. The molecule has 0 aliphatic heterocycles. The van der Waals surface area contributed by atoms with Crippen LogP contribution in [0.25, 0.3) is 0 Å². The smallest absolute Gasteiger partial charge is 0.147 e. The van der Waals surface area contributed by atoms with Crippen LogP contribution in [-0.2, 0) is 0 Å². The molecule has 0 heterocycles. The van der Waals surface area contributed by atoms with Gasteiger partial charge in [0.1, 0.15) is 5.82 Å². The predicted octanol–water partition coefficient (Wildman–Crippen LogP) is 2.91. The molecule has 82 valence electrons. The van der Waals surface area contributed by atoms with Crippen molar-refractivity contribution in [3.8, 4) is 0 Å². The Morgan fingerprint density at radius 3 is 2.80 bits per heavy atom. The zero-order chi connectivity index (χ0) is 10.8. The maximum Gasteiger partial charge on any atom is 0.147 e. The molecule has 1 aromatic carbocycles. The van der Waals surface area contributed by atoms with E-state index in [4.69, 9.17) is 0 Å². The summed E-state index contributed by atoms with van der Waals surface area (Å²) in [5, 5.41) is 12.6. The van der Waals surface area contributed by atoms with Gasteiger partial charge in [-0.05, 0) is 37.5 Å². The first-order chi connectivity index (χ1) is 7.16. The largest absolute Gasteiger partial charge is 0.391 e. The van der Waals surface area contributed by atoms with E-state index < -0.39 is 0 Å². The molecule has 0 radical (unpaired) electrons. The maximum absolute atomic E-state index is 13.5. The maximum atomic E-state index is 13.5. The van der Waals surface area contributed by atoms with E-state index in [0.717, 1.165) is 23.7 Å². The van der Waals surface area contributed by atoms with Gasteiger partial charge in [-0.15, -0.1) is 0 Å². The Morgan fingerprint density at radius 2 is 2.20 bits per heavy atom. The third-order valence-corrected chi connectivity index (χ3v) is 3.24. The van der Waals surface area contributed by atoms with Crippen molar-refractivity contribution in [2.75, 3.05) is 5.32 Å². The van der Waals surface area contributed by atoms with E-state index in [2.05, 4.69) is 21.2 Å². The number of aliphatic hydroxyl groups excluding tert-OH is 1. The number of halogens is 2. The molecule has 1 saturated carbocycles. The first-order valence-electron chi connectivity index (χ1n) is 5.06. The molecule has 1 aromatic rings. The number of anilines is 1. The molecule has 2 rings (SSSR count). The Balaban J connectivity index is 2.10. The lowest BCUT2D eigenvalue weighted by Crippen LogP contribution is -2.28. The zero-order valence-electron chi connectivity index (χ0n) is 8.21. The lowest BCUT2D eigenvalue weighted by atomic mass is 10.2. The predicted molar refractivity (Wildman–Crippen MR) is 61.4 cm³/mol. The number of hydrogen-bond donors (Lipinski definition) is 2. The second-order valence-corrected chi connectivity index (χ2v) is 4.79. The van der Waals surface area contributed by atoms with Crippen LogP contribution in [0.2, 0.25) is 0 Å². The van der Waals surface area contributed by atoms with E-state index in [0.29, 0.717) is 5.69 Å². The summed E-state index contributed by atoms with van der Waals surface area (Å²) < 4.78 is 14.2. The minimum Gasteiger partial charge on any atom is -0.391 e. The normalized spacial score (nSPS) is 25.5. The van der Waals surface area contributed by atoms with Crippen molar-refractivity contribution in [2.24, 2.45) is 0 Å². The Morgan fingerprint density at radius 1 is 1.40 bits per heavy atom. The summed E-state index contributed by atoms with van der Waals surface area (Å²) in [5.41, 5.74) is 0.462. The van der Waals surface area contributed by atoms with Crippen LogP contribution >= 0.6 is 15.9 Å². The van der Waals surface area contributed by atoms with Crippen molar-refractivity contribution in [1.29, 1.82) is 0 Å². The molecule has 15 heavy (non-hydrogen) atoms. The molecule has 0 amide bonds. The average molecular weight is 274 g/mol. The molecule has 1 aliphatic carbocycles. The van der Waals surface area contributed by atoms with Gasteiger partial charge in [0.2, 0.25) is 0 Å².